The molecule has 0 unspecified atom stereocenters. The van der Waals surface area contributed by atoms with Gasteiger partial charge in [-0.1, -0.05) is 12.1 Å². The Hall–Kier alpha value is -4.54. The number of benzene rings is 1. The fraction of sp³-hybridized carbons (Fsp3) is 0. The van der Waals surface area contributed by atoms with Crippen molar-refractivity contribution in [2.45, 2.75) is 0 Å². The Labute approximate surface area is 167 Å². The summed E-state index contributed by atoms with van der Waals surface area (Å²) < 4.78 is 20.5. The van der Waals surface area contributed by atoms with Crippen molar-refractivity contribution in [1.29, 1.82) is 0 Å². The molecule has 4 aromatic rings. The lowest BCUT2D eigenvalue weighted by Gasteiger charge is -2.09. The van der Waals surface area contributed by atoms with Crippen LogP contribution in [0.4, 0.5) is 4.39 Å². The van der Waals surface area contributed by atoms with Crippen LogP contribution in [-0.2, 0) is 0 Å². The molecule has 1 aromatic carbocycles. The van der Waals surface area contributed by atoms with Gasteiger partial charge in [0.05, 0.1) is 17.5 Å². The van der Waals surface area contributed by atoms with Crippen LogP contribution in [0.25, 0.3) is 17.1 Å². The fourth-order valence-corrected chi connectivity index (χ4v) is 2.77. The molecule has 4 rings (SSSR count). The molecular formula is C19H13FN6O4. The highest BCUT2D eigenvalue weighted by molar-refractivity contribution is 6.00. The normalized spacial score (nSPS) is 10.7. The van der Waals surface area contributed by atoms with Gasteiger partial charge in [0, 0.05) is 0 Å². The van der Waals surface area contributed by atoms with Crippen LogP contribution in [0.3, 0.4) is 0 Å². The molecule has 0 saturated carbocycles. The Morgan fingerprint density at radius 3 is 2.53 bits per heavy atom. The van der Waals surface area contributed by atoms with Crippen molar-refractivity contribution in [2.75, 3.05) is 0 Å². The number of rotatable bonds is 4. The topological polar surface area (TPSA) is 145 Å². The van der Waals surface area contributed by atoms with E-state index in [0.717, 1.165) is 6.07 Å². The average molecular weight is 408 g/mol. The zero-order valence-electron chi connectivity index (χ0n) is 15.1. The van der Waals surface area contributed by atoms with Gasteiger partial charge in [-0.3, -0.25) is 29.6 Å². The second-order valence-electron chi connectivity index (χ2n) is 6.04. The van der Waals surface area contributed by atoms with Gasteiger partial charge in [-0.25, -0.2) is 14.4 Å². The Morgan fingerprint density at radius 2 is 1.83 bits per heavy atom. The highest BCUT2D eigenvalue weighted by Crippen LogP contribution is 2.23. The molecule has 0 radical (unpaired) electrons. The number of halogens is 1. The molecular weight excluding hydrogens is 395 g/mol. The van der Waals surface area contributed by atoms with Crippen molar-refractivity contribution in [2.24, 2.45) is 5.73 Å². The second kappa shape index (κ2) is 7.47. The number of hydrogen-bond donors (Lipinski definition) is 3. The second-order valence-corrected chi connectivity index (χ2v) is 6.04. The summed E-state index contributed by atoms with van der Waals surface area (Å²) in [6.07, 6.45) is 2.75. The summed E-state index contributed by atoms with van der Waals surface area (Å²) in [4.78, 5) is 44.4. The zero-order chi connectivity index (χ0) is 21.3. The minimum absolute atomic E-state index is 0.0296. The number of nitrogens with one attached hydrogen (secondary N) is 2. The molecule has 3 amide bonds. The van der Waals surface area contributed by atoms with E-state index in [1.807, 2.05) is 0 Å². The minimum atomic E-state index is -0.851. The molecule has 0 fully saturated rings. The van der Waals surface area contributed by atoms with Crippen LogP contribution in [0.5, 0.6) is 0 Å². The standard InChI is InChI=1S/C19H13FN6O4/c20-11-5-2-1-4-10(11)18(28)24-25-19(29)12-8-13(14-6-3-7-30-14)26-9-22-15(16(21)27)17(26)23-12/h1-9H,(H2,21,27)(H,24,28)(H,25,29). The largest absolute Gasteiger partial charge is 0.463 e. The van der Waals surface area contributed by atoms with Crippen LogP contribution in [0.1, 0.15) is 31.3 Å². The third-order valence-electron chi connectivity index (χ3n) is 4.15. The van der Waals surface area contributed by atoms with E-state index in [2.05, 4.69) is 20.8 Å². The van der Waals surface area contributed by atoms with E-state index in [1.165, 1.54) is 41.3 Å². The van der Waals surface area contributed by atoms with Crippen LogP contribution in [0.2, 0.25) is 0 Å². The summed E-state index contributed by atoms with van der Waals surface area (Å²) >= 11 is 0. The molecule has 0 aliphatic rings. The van der Waals surface area contributed by atoms with Gasteiger partial charge < -0.3 is 10.2 Å². The molecule has 0 atom stereocenters. The maximum atomic E-state index is 13.7. The summed E-state index contributed by atoms with van der Waals surface area (Å²) in [5.74, 6) is -2.86. The number of imidazole rings is 1. The van der Waals surface area contributed by atoms with E-state index in [9.17, 15) is 18.8 Å². The van der Waals surface area contributed by atoms with Gasteiger partial charge in [0.15, 0.2) is 17.1 Å². The number of nitrogens with two attached hydrogens (primary N) is 1. The summed E-state index contributed by atoms with van der Waals surface area (Å²) in [5.41, 5.74) is 9.45. The Kier molecular flexibility index (Phi) is 4.68. The van der Waals surface area contributed by atoms with Crippen molar-refractivity contribution >= 4 is 23.4 Å². The van der Waals surface area contributed by atoms with Gasteiger partial charge >= 0.3 is 0 Å². The lowest BCUT2D eigenvalue weighted by Crippen LogP contribution is -2.42. The molecule has 0 spiro atoms. The highest BCUT2D eigenvalue weighted by atomic mass is 19.1. The summed E-state index contributed by atoms with van der Waals surface area (Å²) in [6, 6.07) is 9.96. The summed E-state index contributed by atoms with van der Waals surface area (Å²) in [7, 11) is 0. The van der Waals surface area contributed by atoms with E-state index in [-0.39, 0.29) is 22.6 Å². The first-order valence-electron chi connectivity index (χ1n) is 8.52. The van der Waals surface area contributed by atoms with Gasteiger partial charge in [-0.15, -0.1) is 0 Å². The number of carbonyl (C=O) groups excluding carboxylic acids is 3. The van der Waals surface area contributed by atoms with E-state index < -0.39 is 23.5 Å². The Balaban J connectivity index is 1.67. The monoisotopic (exact) mass is 408 g/mol. The van der Waals surface area contributed by atoms with Gasteiger partial charge in [-0.05, 0) is 30.3 Å². The number of primary amides is 1. The fourth-order valence-electron chi connectivity index (χ4n) is 2.77. The average Bonchev–Trinajstić information content (AvgIpc) is 3.41. The van der Waals surface area contributed by atoms with Gasteiger partial charge in [0.2, 0.25) is 0 Å². The van der Waals surface area contributed by atoms with E-state index in [4.69, 9.17) is 10.2 Å². The number of fused-ring (bicyclic) bond motifs is 1. The maximum absolute atomic E-state index is 13.7. The first-order valence-corrected chi connectivity index (χ1v) is 8.52. The van der Waals surface area contributed by atoms with Crippen molar-refractivity contribution in [3.05, 3.63) is 77.8 Å². The van der Waals surface area contributed by atoms with Gasteiger partial charge in [0.1, 0.15) is 17.8 Å². The first kappa shape index (κ1) is 18.8. The number of nitrogens with zero attached hydrogens (tertiary/aromatic N) is 3. The Bertz CT molecular complexity index is 1280. The predicted octanol–water partition coefficient (Wildman–Crippen LogP) is 1.30. The number of amides is 3. The van der Waals surface area contributed by atoms with Crippen LogP contribution in [-0.4, -0.2) is 32.1 Å². The van der Waals surface area contributed by atoms with Gasteiger partial charge in [-0.2, -0.15) is 0 Å². The molecule has 3 aromatic heterocycles. The summed E-state index contributed by atoms with van der Waals surface area (Å²) in [6.45, 7) is 0. The minimum Gasteiger partial charge on any atom is -0.463 e. The number of furan rings is 1. The SMILES string of the molecule is NC(=O)c1ncn2c(-c3ccco3)cc(C(=O)NNC(=O)c3ccccc3F)nc12. The number of hydrazine groups is 1. The van der Waals surface area contributed by atoms with E-state index >= 15 is 0 Å². The highest BCUT2D eigenvalue weighted by Gasteiger charge is 2.20. The van der Waals surface area contributed by atoms with Crippen LogP contribution in [0, 0.1) is 5.82 Å². The molecule has 0 aliphatic carbocycles. The van der Waals surface area contributed by atoms with Crippen molar-refractivity contribution in [3.63, 3.8) is 0 Å². The Morgan fingerprint density at radius 1 is 1.07 bits per heavy atom. The lowest BCUT2D eigenvalue weighted by molar-refractivity contribution is 0.0841. The molecule has 150 valence electrons. The van der Waals surface area contributed by atoms with E-state index in [0.29, 0.717) is 11.5 Å². The first-order chi connectivity index (χ1) is 14.5. The molecule has 11 heteroatoms. The predicted molar refractivity (Wildman–Crippen MR) is 101 cm³/mol. The molecule has 0 bridgehead atoms. The smallest absolute Gasteiger partial charge is 0.288 e. The quantitative estimate of drug-likeness (QED) is 0.434. The number of carbonyl (C=O) groups is 3. The van der Waals surface area contributed by atoms with Crippen molar-refractivity contribution < 1.29 is 23.2 Å². The van der Waals surface area contributed by atoms with Crippen LogP contribution in [0.15, 0.2) is 59.5 Å². The summed E-state index contributed by atoms with van der Waals surface area (Å²) in [5, 5.41) is 0. The van der Waals surface area contributed by atoms with Gasteiger partial charge in [0.25, 0.3) is 17.7 Å². The van der Waals surface area contributed by atoms with Crippen molar-refractivity contribution in [1.82, 2.24) is 25.2 Å². The maximum Gasteiger partial charge on any atom is 0.288 e. The van der Waals surface area contributed by atoms with Crippen LogP contribution < -0.4 is 16.6 Å². The molecule has 30 heavy (non-hydrogen) atoms. The third-order valence-corrected chi connectivity index (χ3v) is 4.15. The van der Waals surface area contributed by atoms with Crippen molar-refractivity contribution in [3.8, 4) is 11.5 Å². The lowest BCUT2D eigenvalue weighted by atomic mass is 10.2. The molecule has 10 nitrogen and oxygen atoms in total. The third kappa shape index (κ3) is 3.35. The van der Waals surface area contributed by atoms with Crippen LogP contribution >= 0.6 is 0 Å². The van der Waals surface area contributed by atoms with E-state index in [1.54, 1.807) is 12.1 Å². The zero-order valence-corrected chi connectivity index (χ0v) is 15.1. The molecule has 3 heterocycles. The molecule has 0 saturated heterocycles. The molecule has 4 N–H and O–H groups in total. The number of hydrogen-bond acceptors (Lipinski definition) is 6. The number of aromatic nitrogens is 3. The molecule has 0 aliphatic heterocycles.